The maximum Gasteiger partial charge on any atom is 0.163 e. The zero-order valence-electron chi connectivity index (χ0n) is 9.36. The third-order valence-electron chi connectivity index (χ3n) is 2.44. The van der Waals surface area contributed by atoms with E-state index in [2.05, 4.69) is 4.98 Å². The third kappa shape index (κ3) is 2.04. The predicted molar refractivity (Wildman–Crippen MR) is 66.9 cm³/mol. The molecule has 0 saturated heterocycles. The van der Waals surface area contributed by atoms with Gasteiger partial charge in [-0.05, 0) is 6.92 Å². The highest BCUT2D eigenvalue weighted by molar-refractivity contribution is 7.09. The number of hydrogen-bond acceptors (Lipinski definition) is 3. The van der Waals surface area contributed by atoms with Gasteiger partial charge in [-0.25, -0.2) is 4.98 Å². The van der Waals surface area contributed by atoms with Gasteiger partial charge in [0.2, 0.25) is 0 Å². The van der Waals surface area contributed by atoms with Gasteiger partial charge < -0.3 is 0 Å². The highest BCUT2D eigenvalue weighted by Crippen LogP contribution is 2.25. The van der Waals surface area contributed by atoms with Crippen molar-refractivity contribution >= 4 is 17.1 Å². The zero-order chi connectivity index (χ0) is 11.5. The first-order chi connectivity index (χ1) is 7.72. The van der Waals surface area contributed by atoms with Crippen LogP contribution in [0.15, 0.2) is 29.6 Å². The molecule has 1 aromatic heterocycles. The average Bonchev–Trinajstić information content (AvgIpc) is 2.75. The number of carbonyl (C=O) groups is 1. The molecule has 0 amide bonds. The maximum atomic E-state index is 11.8. The fraction of sp³-hybridized carbons (Fsp3) is 0.231. The van der Waals surface area contributed by atoms with Crippen LogP contribution in [0.4, 0.5) is 0 Å². The highest BCUT2D eigenvalue weighted by atomic mass is 32.1. The number of ketones is 1. The number of Topliss-reactive ketones (excluding diaryl/α,β-unsaturated/α-hetero) is 1. The Morgan fingerprint density at radius 3 is 2.75 bits per heavy atom. The Morgan fingerprint density at radius 1 is 1.38 bits per heavy atom. The summed E-state index contributed by atoms with van der Waals surface area (Å²) in [6, 6.07) is 7.66. The Balaban J connectivity index is 2.52. The van der Waals surface area contributed by atoms with E-state index < -0.39 is 0 Å². The number of aromatic nitrogens is 1. The Hall–Kier alpha value is -1.48. The molecule has 0 N–H and O–H groups in total. The minimum Gasteiger partial charge on any atom is -0.294 e. The van der Waals surface area contributed by atoms with E-state index in [1.54, 1.807) is 11.3 Å². The summed E-state index contributed by atoms with van der Waals surface area (Å²) in [6.07, 6.45) is 0.528. The van der Waals surface area contributed by atoms with E-state index in [0.29, 0.717) is 6.42 Å². The predicted octanol–water partition coefficient (Wildman–Crippen LogP) is 3.71. The Labute approximate surface area is 99.0 Å². The molecule has 0 spiro atoms. The molecule has 82 valence electrons. The molecule has 1 heterocycles. The average molecular weight is 231 g/mol. The summed E-state index contributed by atoms with van der Waals surface area (Å²) in [5.74, 6) is 0.168. The quantitative estimate of drug-likeness (QED) is 0.754. The fourth-order valence-electron chi connectivity index (χ4n) is 1.63. The molecular formula is C13H13NOS. The molecule has 0 aliphatic rings. The van der Waals surface area contributed by atoms with E-state index in [0.717, 1.165) is 21.8 Å². The summed E-state index contributed by atoms with van der Waals surface area (Å²) in [4.78, 5) is 16.2. The number of benzene rings is 1. The molecule has 0 radical (unpaired) electrons. The molecule has 0 aliphatic heterocycles. The van der Waals surface area contributed by atoms with Crippen LogP contribution in [-0.4, -0.2) is 10.8 Å². The van der Waals surface area contributed by atoms with Gasteiger partial charge in [0.25, 0.3) is 0 Å². The molecular weight excluding hydrogens is 218 g/mol. The smallest absolute Gasteiger partial charge is 0.163 e. The van der Waals surface area contributed by atoms with Gasteiger partial charge in [0.05, 0.1) is 10.7 Å². The lowest BCUT2D eigenvalue weighted by molar-refractivity contribution is 0.0989. The molecule has 0 aliphatic carbocycles. The molecule has 0 atom stereocenters. The van der Waals surface area contributed by atoms with Crippen LogP contribution in [-0.2, 0) is 0 Å². The monoisotopic (exact) mass is 231 g/mol. The van der Waals surface area contributed by atoms with Crippen LogP contribution in [0.3, 0.4) is 0 Å². The van der Waals surface area contributed by atoms with E-state index in [1.165, 1.54) is 0 Å². The van der Waals surface area contributed by atoms with Crippen molar-refractivity contribution in [2.24, 2.45) is 0 Å². The molecule has 2 rings (SSSR count). The van der Waals surface area contributed by atoms with Crippen molar-refractivity contribution in [1.29, 1.82) is 0 Å². The highest BCUT2D eigenvalue weighted by Gasteiger charge is 2.12. The first-order valence-corrected chi connectivity index (χ1v) is 6.15. The summed E-state index contributed by atoms with van der Waals surface area (Å²) in [5.41, 5.74) is 2.62. The second-order valence-corrected chi connectivity index (χ2v) is 4.64. The molecule has 0 bridgehead atoms. The van der Waals surface area contributed by atoms with Crippen LogP contribution in [0.2, 0.25) is 0 Å². The van der Waals surface area contributed by atoms with Crippen LogP contribution in [0, 0.1) is 6.92 Å². The Bertz CT molecular complexity index is 516. The van der Waals surface area contributed by atoms with Crippen molar-refractivity contribution in [3.8, 4) is 11.3 Å². The van der Waals surface area contributed by atoms with E-state index in [9.17, 15) is 4.79 Å². The molecule has 16 heavy (non-hydrogen) atoms. The Kier molecular flexibility index (Phi) is 3.15. The van der Waals surface area contributed by atoms with Crippen LogP contribution in [0.5, 0.6) is 0 Å². The normalized spacial score (nSPS) is 10.4. The summed E-state index contributed by atoms with van der Waals surface area (Å²) in [7, 11) is 0. The molecule has 3 heteroatoms. The van der Waals surface area contributed by atoms with Crippen molar-refractivity contribution in [2.45, 2.75) is 20.3 Å². The summed E-state index contributed by atoms with van der Waals surface area (Å²) < 4.78 is 0. The number of aryl methyl sites for hydroxylation is 1. The van der Waals surface area contributed by atoms with Gasteiger partial charge in [0, 0.05) is 22.9 Å². The molecule has 0 saturated carbocycles. The van der Waals surface area contributed by atoms with Crippen molar-refractivity contribution in [3.63, 3.8) is 0 Å². The number of carbonyl (C=O) groups excluding carboxylic acids is 1. The van der Waals surface area contributed by atoms with Crippen molar-refractivity contribution < 1.29 is 4.79 Å². The molecule has 0 fully saturated rings. The summed E-state index contributed by atoms with van der Waals surface area (Å²) >= 11 is 1.60. The minimum atomic E-state index is 0.168. The van der Waals surface area contributed by atoms with E-state index in [1.807, 2.05) is 43.5 Å². The van der Waals surface area contributed by atoms with Gasteiger partial charge in [-0.1, -0.05) is 31.2 Å². The lowest BCUT2D eigenvalue weighted by atomic mass is 10.0. The van der Waals surface area contributed by atoms with Gasteiger partial charge in [-0.2, -0.15) is 0 Å². The van der Waals surface area contributed by atoms with E-state index in [-0.39, 0.29) is 5.78 Å². The fourth-order valence-corrected chi connectivity index (χ4v) is 2.24. The number of rotatable bonds is 3. The second-order valence-electron chi connectivity index (χ2n) is 3.57. The molecule has 2 nitrogen and oxygen atoms in total. The SMILES string of the molecule is CCC(=O)c1ccccc1-c1csc(C)n1. The number of hydrogen-bond donors (Lipinski definition) is 0. The minimum absolute atomic E-state index is 0.168. The maximum absolute atomic E-state index is 11.8. The first kappa shape index (κ1) is 11.0. The third-order valence-corrected chi connectivity index (χ3v) is 3.22. The van der Waals surface area contributed by atoms with Crippen LogP contribution < -0.4 is 0 Å². The van der Waals surface area contributed by atoms with Gasteiger partial charge in [0.15, 0.2) is 5.78 Å². The topological polar surface area (TPSA) is 30.0 Å². The van der Waals surface area contributed by atoms with Crippen LogP contribution >= 0.6 is 11.3 Å². The van der Waals surface area contributed by atoms with E-state index >= 15 is 0 Å². The van der Waals surface area contributed by atoms with E-state index in [4.69, 9.17) is 0 Å². The van der Waals surface area contributed by atoms with Crippen molar-refractivity contribution in [1.82, 2.24) is 4.98 Å². The molecule has 2 aromatic rings. The van der Waals surface area contributed by atoms with Crippen molar-refractivity contribution in [2.75, 3.05) is 0 Å². The zero-order valence-corrected chi connectivity index (χ0v) is 10.2. The van der Waals surface area contributed by atoms with Crippen molar-refractivity contribution in [3.05, 3.63) is 40.2 Å². The first-order valence-electron chi connectivity index (χ1n) is 5.27. The number of nitrogens with zero attached hydrogens (tertiary/aromatic N) is 1. The van der Waals surface area contributed by atoms with Gasteiger partial charge in [0.1, 0.15) is 0 Å². The van der Waals surface area contributed by atoms with Gasteiger partial charge in [-0.3, -0.25) is 4.79 Å². The number of thiazole rings is 1. The second kappa shape index (κ2) is 4.58. The largest absolute Gasteiger partial charge is 0.294 e. The Morgan fingerprint density at radius 2 is 2.12 bits per heavy atom. The standard InChI is InChI=1S/C13H13NOS/c1-3-13(15)11-7-5-4-6-10(11)12-8-16-9(2)14-12/h4-8H,3H2,1-2H3. The summed E-state index contributed by atoms with van der Waals surface area (Å²) in [6.45, 7) is 3.85. The van der Waals surface area contributed by atoms with Crippen LogP contribution in [0.1, 0.15) is 28.7 Å². The lowest BCUT2D eigenvalue weighted by Crippen LogP contribution is -1.99. The molecule has 0 unspecified atom stereocenters. The van der Waals surface area contributed by atoms with Gasteiger partial charge >= 0.3 is 0 Å². The van der Waals surface area contributed by atoms with Gasteiger partial charge in [-0.15, -0.1) is 11.3 Å². The van der Waals surface area contributed by atoms with Crippen LogP contribution in [0.25, 0.3) is 11.3 Å². The molecule has 1 aromatic carbocycles. The summed E-state index contributed by atoms with van der Waals surface area (Å²) in [5, 5.41) is 3.02. The lowest BCUT2D eigenvalue weighted by Gasteiger charge is -2.04.